The summed E-state index contributed by atoms with van der Waals surface area (Å²) in [7, 11) is 0. The Kier molecular flexibility index (Phi) is 6.35. The first-order valence-electron chi connectivity index (χ1n) is 5.96. The van der Waals surface area contributed by atoms with E-state index in [9.17, 15) is 9.59 Å². The van der Waals surface area contributed by atoms with Gasteiger partial charge in [0.2, 0.25) is 0 Å². The lowest BCUT2D eigenvalue weighted by molar-refractivity contribution is -0.137. The van der Waals surface area contributed by atoms with Gasteiger partial charge in [-0.25, -0.2) is 4.79 Å². The van der Waals surface area contributed by atoms with E-state index in [4.69, 9.17) is 5.11 Å². The van der Waals surface area contributed by atoms with Gasteiger partial charge in [-0.3, -0.25) is 4.79 Å². The molecule has 0 aromatic heterocycles. The first-order valence-corrected chi connectivity index (χ1v) is 6.75. The molecule has 0 heterocycles. The number of benzene rings is 1. The fourth-order valence-corrected chi connectivity index (χ4v) is 1.94. The van der Waals surface area contributed by atoms with E-state index in [2.05, 4.69) is 26.6 Å². The molecule has 0 fully saturated rings. The number of hydrogen-bond acceptors (Lipinski definition) is 2. The number of rotatable bonds is 6. The summed E-state index contributed by atoms with van der Waals surface area (Å²) in [4.78, 5) is 22.0. The molecule has 1 rings (SSSR count). The van der Waals surface area contributed by atoms with Gasteiger partial charge in [-0.1, -0.05) is 41.1 Å². The molecule has 5 nitrogen and oxygen atoms in total. The number of carboxylic acids is 1. The third-order valence-electron chi connectivity index (χ3n) is 2.53. The molecule has 1 aromatic rings. The molecule has 0 saturated heterocycles. The minimum absolute atomic E-state index is 0.0461. The van der Waals surface area contributed by atoms with E-state index in [-0.39, 0.29) is 18.4 Å². The maximum atomic E-state index is 11.5. The SMILES string of the molecule is CC(CNC(=O)NCc1ccccc1Br)CC(=O)O. The highest BCUT2D eigenvalue weighted by molar-refractivity contribution is 9.10. The zero-order valence-corrected chi connectivity index (χ0v) is 12.2. The summed E-state index contributed by atoms with van der Waals surface area (Å²) in [6.07, 6.45) is 0.0461. The molecule has 0 aliphatic carbocycles. The van der Waals surface area contributed by atoms with Crippen LogP contribution in [0, 0.1) is 5.92 Å². The monoisotopic (exact) mass is 328 g/mol. The second-order valence-electron chi connectivity index (χ2n) is 4.36. The van der Waals surface area contributed by atoms with Crippen molar-refractivity contribution in [3.8, 4) is 0 Å². The molecule has 0 bridgehead atoms. The summed E-state index contributed by atoms with van der Waals surface area (Å²) in [5.74, 6) is -0.949. The molecule has 1 unspecified atom stereocenters. The minimum atomic E-state index is -0.858. The zero-order valence-electron chi connectivity index (χ0n) is 10.6. The number of aliphatic carboxylic acids is 1. The van der Waals surface area contributed by atoms with Crippen molar-refractivity contribution in [2.24, 2.45) is 5.92 Å². The molecule has 104 valence electrons. The average Bonchev–Trinajstić information content (AvgIpc) is 2.34. The predicted octanol–water partition coefficient (Wildman–Crippen LogP) is 2.36. The molecule has 0 radical (unpaired) electrons. The molecule has 0 saturated carbocycles. The van der Waals surface area contributed by atoms with Crippen molar-refractivity contribution in [3.05, 3.63) is 34.3 Å². The predicted molar refractivity (Wildman–Crippen MR) is 75.8 cm³/mol. The standard InChI is InChI=1S/C13H17BrN2O3/c1-9(6-12(17)18)7-15-13(19)16-8-10-4-2-3-5-11(10)14/h2-5,9H,6-8H2,1H3,(H,17,18)(H2,15,16,19). The first-order chi connectivity index (χ1) is 8.99. The van der Waals surface area contributed by atoms with E-state index in [1.807, 2.05) is 24.3 Å². The van der Waals surface area contributed by atoms with Gasteiger partial charge < -0.3 is 15.7 Å². The van der Waals surface area contributed by atoms with Gasteiger partial charge in [0.05, 0.1) is 0 Å². The van der Waals surface area contributed by atoms with Crippen molar-refractivity contribution >= 4 is 27.9 Å². The van der Waals surface area contributed by atoms with Crippen LogP contribution in [0.5, 0.6) is 0 Å². The number of carboxylic acid groups (broad SMARTS) is 1. The van der Waals surface area contributed by atoms with Crippen LogP contribution in [-0.4, -0.2) is 23.7 Å². The summed E-state index contributed by atoms with van der Waals surface area (Å²) in [6.45, 7) is 2.54. The number of carbonyl (C=O) groups is 2. The molecule has 0 aliphatic rings. The Labute approximate surface area is 120 Å². The van der Waals surface area contributed by atoms with E-state index in [0.717, 1.165) is 10.0 Å². The van der Waals surface area contributed by atoms with Crippen molar-refractivity contribution < 1.29 is 14.7 Å². The second kappa shape index (κ2) is 7.78. The third-order valence-corrected chi connectivity index (χ3v) is 3.31. The Morgan fingerprint density at radius 1 is 1.32 bits per heavy atom. The largest absolute Gasteiger partial charge is 0.481 e. The number of halogens is 1. The number of urea groups is 1. The summed E-state index contributed by atoms with van der Waals surface area (Å²) in [5, 5.41) is 14.0. The lowest BCUT2D eigenvalue weighted by Crippen LogP contribution is -2.37. The topological polar surface area (TPSA) is 78.4 Å². The lowest BCUT2D eigenvalue weighted by Gasteiger charge is -2.12. The van der Waals surface area contributed by atoms with E-state index < -0.39 is 5.97 Å². The Morgan fingerprint density at radius 2 is 2.00 bits per heavy atom. The van der Waals surface area contributed by atoms with Crippen molar-refractivity contribution in [2.75, 3.05) is 6.54 Å². The maximum Gasteiger partial charge on any atom is 0.315 e. The van der Waals surface area contributed by atoms with Crippen LogP contribution in [0.25, 0.3) is 0 Å². The number of carbonyl (C=O) groups excluding carboxylic acids is 1. The molecule has 2 amide bonds. The van der Waals surface area contributed by atoms with Gasteiger partial charge >= 0.3 is 12.0 Å². The molecule has 1 atom stereocenters. The van der Waals surface area contributed by atoms with Gasteiger partial charge in [-0.15, -0.1) is 0 Å². The quantitative estimate of drug-likeness (QED) is 0.750. The van der Waals surface area contributed by atoms with E-state index in [1.54, 1.807) is 6.92 Å². The number of hydrogen-bond donors (Lipinski definition) is 3. The van der Waals surface area contributed by atoms with Crippen LogP contribution < -0.4 is 10.6 Å². The van der Waals surface area contributed by atoms with Crippen LogP contribution in [0.3, 0.4) is 0 Å². The molecule has 0 aliphatic heterocycles. The first kappa shape index (κ1) is 15.5. The van der Waals surface area contributed by atoms with Gasteiger partial charge in [0.15, 0.2) is 0 Å². The van der Waals surface area contributed by atoms with E-state index >= 15 is 0 Å². The van der Waals surface area contributed by atoms with Crippen LogP contribution in [-0.2, 0) is 11.3 Å². The zero-order chi connectivity index (χ0) is 14.3. The van der Waals surface area contributed by atoms with Crippen molar-refractivity contribution in [2.45, 2.75) is 19.9 Å². The fourth-order valence-electron chi connectivity index (χ4n) is 1.52. The minimum Gasteiger partial charge on any atom is -0.481 e. The van der Waals surface area contributed by atoms with Gasteiger partial charge in [-0.2, -0.15) is 0 Å². The average molecular weight is 329 g/mol. The smallest absolute Gasteiger partial charge is 0.315 e. The highest BCUT2D eigenvalue weighted by atomic mass is 79.9. The highest BCUT2D eigenvalue weighted by Gasteiger charge is 2.09. The van der Waals surface area contributed by atoms with Gasteiger partial charge in [0.1, 0.15) is 0 Å². The molecule has 1 aromatic carbocycles. The summed E-state index contributed by atoms with van der Waals surface area (Å²) in [5.41, 5.74) is 0.983. The molecule has 0 spiro atoms. The lowest BCUT2D eigenvalue weighted by atomic mass is 10.1. The molecular formula is C13H17BrN2O3. The van der Waals surface area contributed by atoms with Gasteiger partial charge in [0, 0.05) is 24.0 Å². The summed E-state index contributed by atoms with van der Waals surface area (Å²) < 4.78 is 0.939. The van der Waals surface area contributed by atoms with Crippen LogP contribution >= 0.6 is 15.9 Å². The molecular weight excluding hydrogens is 312 g/mol. The normalized spacial score (nSPS) is 11.7. The third kappa shape index (κ3) is 6.24. The summed E-state index contributed by atoms with van der Waals surface area (Å²) >= 11 is 3.40. The molecule has 3 N–H and O–H groups in total. The maximum absolute atomic E-state index is 11.5. The molecule has 19 heavy (non-hydrogen) atoms. The number of nitrogens with one attached hydrogen (secondary N) is 2. The van der Waals surface area contributed by atoms with Crippen molar-refractivity contribution in [1.82, 2.24) is 10.6 Å². The van der Waals surface area contributed by atoms with Gasteiger partial charge in [-0.05, 0) is 17.5 Å². The van der Waals surface area contributed by atoms with Crippen LogP contribution in [0.1, 0.15) is 18.9 Å². The van der Waals surface area contributed by atoms with Crippen LogP contribution in [0.4, 0.5) is 4.79 Å². The van der Waals surface area contributed by atoms with Crippen LogP contribution in [0.15, 0.2) is 28.7 Å². The fraction of sp³-hybridized carbons (Fsp3) is 0.385. The van der Waals surface area contributed by atoms with Gasteiger partial charge in [0.25, 0.3) is 0 Å². The van der Waals surface area contributed by atoms with Crippen molar-refractivity contribution in [1.29, 1.82) is 0 Å². The summed E-state index contributed by atoms with van der Waals surface area (Å²) in [6, 6.07) is 7.32. The Bertz CT molecular complexity index is 451. The Morgan fingerprint density at radius 3 is 2.63 bits per heavy atom. The van der Waals surface area contributed by atoms with E-state index in [1.165, 1.54) is 0 Å². The number of amides is 2. The Balaban J connectivity index is 2.29. The van der Waals surface area contributed by atoms with E-state index in [0.29, 0.717) is 13.1 Å². The highest BCUT2D eigenvalue weighted by Crippen LogP contribution is 2.15. The second-order valence-corrected chi connectivity index (χ2v) is 5.21. The van der Waals surface area contributed by atoms with Crippen LogP contribution in [0.2, 0.25) is 0 Å². The van der Waals surface area contributed by atoms with Crippen molar-refractivity contribution in [3.63, 3.8) is 0 Å². The molecule has 6 heteroatoms. The Hall–Kier alpha value is -1.56.